The molecule has 0 fully saturated rings. The van der Waals surface area contributed by atoms with Crippen LogP contribution in [0.2, 0.25) is 0 Å². The van der Waals surface area contributed by atoms with Crippen LogP contribution in [0.3, 0.4) is 0 Å². The van der Waals surface area contributed by atoms with Crippen molar-refractivity contribution in [1.29, 1.82) is 0 Å². The summed E-state index contributed by atoms with van der Waals surface area (Å²) in [5.74, 6) is 0.571. The first kappa shape index (κ1) is 17.1. The summed E-state index contributed by atoms with van der Waals surface area (Å²) in [6.07, 6.45) is 2.63. The first-order valence-electron chi connectivity index (χ1n) is 7.06. The molecule has 0 unspecified atom stereocenters. The molecule has 0 aliphatic rings. The minimum absolute atomic E-state index is 0.0189. The molecule has 23 heavy (non-hydrogen) atoms. The molecule has 122 valence electrons. The van der Waals surface area contributed by atoms with Crippen LogP contribution >= 0.6 is 0 Å². The number of ketones is 1. The van der Waals surface area contributed by atoms with Gasteiger partial charge in [0.1, 0.15) is 5.75 Å². The lowest BCUT2D eigenvalue weighted by atomic mass is 9.87. The first-order valence-corrected chi connectivity index (χ1v) is 8.95. The minimum atomic E-state index is -3.31. The molecule has 0 N–H and O–H groups in total. The monoisotopic (exact) mass is 333 g/mol. The van der Waals surface area contributed by atoms with E-state index in [1.54, 1.807) is 24.3 Å². The number of carbonyl (C=O) groups is 1. The van der Waals surface area contributed by atoms with E-state index in [0.717, 1.165) is 6.26 Å². The fourth-order valence-corrected chi connectivity index (χ4v) is 2.58. The molecule has 1 aromatic carbocycles. The molecule has 0 saturated carbocycles. The minimum Gasteiger partial charge on any atom is -0.439 e. The summed E-state index contributed by atoms with van der Waals surface area (Å²) in [6, 6.07) is 9.34. The Morgan fingerprint density at radius 1 is 1.13 bits per heavy atom. The van der Waals surface area contributed by atoms with E-state index in [9.17, 15) is 13.2 Å². The highest BCUT2D eigenvalue weighted by molar-refractivity contribution is 7.90. The molecule has 1 heterocycles. The van der Waals surface area contributed by atoms with Gasteiger partial charge in [-0.3, -0.25) is 4.79 Å². The topological polar surface area (TPSA) is 73.3 Å². The Labute approximate surface area is 136 Å². The van der Waals surface area contributed by atoms with Crippen molar-refractivity contribution >= 4 is 15.6 Å². The van der Waals surface area contributed by atoms with Crippen molar-refractivity contribution in [2.75, 3.05) is 6.26 Å². The van der Waals surface area contributed by atoms with Crippen LogP contribution in [-0.4, -0.2) is 25.4 Å². The maximum Gasteiger partial charge on any atom is 0.219 e. The summed E-state index contributed by atoms with van der Waals surface area (Å²) in [7, 11) is -3.31. The Hall–Kier alpha value is -2.21. The van der Waals surface area contributed by atoms with Crippen LogP contribution < -0.4 is 4.74 Å². The number of carbonyl (C=O) groups excluding carboxylic acids is 1. The van der Waals surface area contributed by atoms with Gasteiger partial charge >= 0.3 is 0 Å². The third kappa shape index (κ3) is 4.39. The normalized spacial score (nSPS) is 12.0. The number of benzene rings is 1. The van der Waals surface area contributed by atoms with Crippen LogP contribution in [-0.2, 0) is 9.84 Å². The molecule has 0 aliphatic carbocycles. The molecule has 0 aliphatic heterocycles. The second kappa shape index (κ2) is 6.12. The molecule has 0 saturated heterocycles. The predicted octanol–water partition coefficient (Wildman–Crippen LogP) is 3.51. The molecule has 2 aromatic rings. The highest BCUT2D eigenvalue weighted by atomic mass is 32.2. The molecule has 6 heteroatoms. The second-order valence-electron chi connectivity index (χ2n) is 6.31. The zero-order valence-corrected chi connectivity index (χ0v) is 14.3. The van der Waals surface area contributed by atoms with Crippen LogP contribution in [0.5, 0.6) is 11.6 Å². The Kier molecular flexibility index (Phi) is 4.56. The van der Waals surface area contributed by atoms with Gasteiger partial charge in [-0.15, -0.1) is 0 Å². The summed E-state index contributed by atoms with van der Waals surface area (Å²) >= 11 is 0. The quantitative estimate of drug-likeness (QED) is 0.801. The molecule has 0 bridgehead atoms. The van der Waals surface area contributed by atoms with Gasteiger partial charge in [0.25, 0.3) is 0 Å². The van der Waals surface area contributed by atoms with E-state index in [1.807, 2.05) is 20.8 Å². The van der Waals surface area contributed by atoms with Crippen LogP contribution in [0.4, 0.5) is 0 Å². The molecule has 0 atom stereocenters. The summed E-state index contributed by atoms with van der Waals surface area (Å²) in [5.41, 5.74) is -0.00349. The Balaban J connectivity index is 2.30. The van der Waals surface area contributed by atoms with Crippen molar-refractivity contribution in [3.05, 3.63) is 48.2 Å². The van der Waals surface area contributed by atoms with Crippen molar-refractivity contribution < 1.29 is 17.9 Å². The van der Waals surface area contributed by atoms with E-state index in [4.69, 9.17) is 4.74 Å². The summed E-state index contributed by atoms with van der Waals surface area (Å²) < 4.78 is 28.7. The average molecular weight is 333 g/mol. The number of sulfone groups is 1. The molecule has 0 spiro atoms. The molecule has 2 rings (SSSR count). The Bertz CT molecular complexity index is 836. The van der Waals surface area contributed by atoms with E-state index < -0.39 is 15.3 Å². The SMILES string of the molecule is CC(C)(C)C(=O)c1ccnc(Oc2cccc(S(C)(=O)=O)c2)c1. The smallest absolute Gasteiger partial charge is 0.219 e. The van der Waals surface area contributed by atoms with Gasteiger partial charge in [0.2, 0.25) is 5.88 Å². The number of hydrogen-bond donors (Lipinski definition) is 0. The van der Waals surface area contributed by atoms with Gasteiger partial charge in [0.05, 0.1) is 4.90 Å². The van der Waals surface area contributed by atoms with Crippen LogP contribution in [0.1, 0.15) is 31.1 Å². The van der Waals surface area contributed by atoms with Crippen molar-refractivity contribution in [3.63, 3.8) is 0 Å². The van der Waals surface area contributed by atoms with E-state index in [2.05, 4.69) is 4.98 Å². The van der Waals surface area contributed by atoms with Crippen molar-refractivity contribution in [3.8, 4) is 11.6 Å². The number of aromatic nitrogens is 1. The average Bonchev–Trinajstić information content (AvgIpc) is 2.45. The zero-order chi connectivity index (χ0) is 17.3. The van der Waals surface area contributed by atoms with E-state index >= 15 is 0 Å². The lowest BCUT2D eigenvalue weighted by molar-refractivity contribution is 0.0858. The molecule has 1 aromatic heterocycles. The number of nitrogens with zero attached hydrogens (tertiary/aromatic N) is 1. The van der Waals surface area contributed by atoms with E-state index in [1.165, 1.54) is 18.3 Å². The van der Waals surface area contributed by atoms with Gasteiger partial charge in [-0.05, 0) is 24.3 Å². The van der Waals surface area contributed by atoms with Crippen LogP contribution in [0.15, 0.2) is 47.5 Å². The molecular weight excluding hydrogens is 314 g/mol. The Morgan fingerprint density at radius 2 is 1.83 bits per heavy atom. The third-order valence-electron chi connectivity index (χ3n) is 3.13. The highest BCUT2D eigenvalue weighted by Gasteiger charge is 2.23. The first-order chi connectivity index (χ1) is 10.6. The fourth-order valence-electron chi connectivity index (χ4n) is 1.93. The molecular formula is C17H19NO4S. The van der Waals surface area contributed by atoms with Crippen LogP contribution in [0, 0.1) is 5.41 Å². The van der Waals surface area contributed by atoms with Crippen molar-refractivity contribution in [2.24, 2.45) is 5.41 Å². The number of Topliss-reactive ketones (excluding diaryl/α,β-unsaturated/α-hetero) is 1. The van der Waals surface area contributed by atoms with E-state index in [-0.39, 0.29) is 16.6 Å². The van der Waals surface area contributed by atoms with Crippen molar-refractivity contribution in [2.45, 2.75) is 25.7 Å². The lowest BCUT2D eigenvalue weighted by Crippen LogP contribution is -2.20. The summed E-state index contributed by atoms with van der Waals surface area (Å²) in [5, 5.41) is 0. The van der Waals surface area contributed by atoms with Gasteiger partial charge in [0.15, 0.2) is 15.6 Å². The summed E-state index contributed by atoms with van der Waals surface area (Å²) in [6.45, 7) is 5.52. The number of pyridine rings is 1. The molecule has 0 amide bonds. The number of ether oxygens (including phenoxy) is 1. The van der Waals surface area contributed by atoms with E-state index in [0.29, 0.717) is 11.3 Å². The van der Waals surface area contributed by atoms with Crippen molar-refractivity contribution in [1.82, 2.24) is 4.98 Å². The Morgan fingerprint density at radius 3 is 2.43 bits per heavy atom. The largest absolute Gasteiger partial charge is 0.439 e. The maximum atomic E-state index is 12.3. The zero-order valence-electron chi connectivity index (χ0n) is 13.5. The predicted molar refractivity (Wildman–Crippen MR) is 87.6 cm³/mol. The third-order valence-corrected chi connectivity index (χ3v) is 4.24. The van der Waals surface area contributed by atoms with Gasteiger partial charge < -0.3 is 4.74 Å². The fraction of sp³-hybridized carbons (Fsp3) is 0.294. The van der Waals surface area contributed by atoms with Gasteiger partial charge in [-0.25, -0.2) is 13.4 Å². The van der Waals surface area contributed by atoms with Gasteiger partial charge in [-0.1, -0.05) is 26.8 Å². The molecule has 0 radical (unpaired) electrons. The van der Waals surface area contributed by atoms with Crippen LogP contribution in [0.25, 0.3) is 0 Å². The summed E-state index contributed by atoms with van der Waals surface area (Å²) in [4.78, 5) is 16.5. The maximum absolute atomic E-state index is 12.3. The number of rotatable bonds is 4. The van der Waals surface area contributed by atoms with Gasteiger partial charge in [-0.2, -0.15) is 0 Å². The molecule has 5 nitrogen and oxygen atoms in total. The number of hydrogen-bond acceptors (Lipinski definition) is 5. The van der Waals surface area contributed by atoms with Gasteiger partial charge in [0, 0.05) is 29.5 Å². The second-order valence-corrected chi connectivity index (χ2v) is 8.33. The highest BCUT2D eigenvalue weighted by Crippen LogP contribution is 2.26. The lowest BCUT2D eigenvalue weighted by Gasteiger charge is -2.16. The standard InChI is InChI=1S/C17H19NO4S/c1-17(2,3)16(19)12-8-9-18-15(10-12)22-13-6-5-7-14(11-13)23(4,20)21/h5-11H,1-4H3.